The van der Waals surface area contributed by atoms with Crippen LogP contribution in [-0.4, -0.2) is 9.13 Å². The quantitative estimate of drug-likeness (QED) is 0.180. The summed E-state index contributed by atoms with van der Waals surface area (Å²) >= 11 is 0. The lowest BCUT2D eigenvalue weighted by atomic mass is 10.1. The smallest absolute Gasteiger partial charge is 0.135 e. The van der Waals surface area contributed by atoms with Crippen LogP contribution < -0.4 is 4.90 Å². The van der Waals surface area contributed by atoms with Gasteiger partial charge in [-0.05, 0) is 103 Å². The standard InChI is InChI=1S/C48H30FN3O/c49-31-18-20-33(21-19-31)52-43-15-7-4-12-37(43)39-25-22-36(30-46(39)52)50(35-24-27-48-42(29-35)40-14-6-9-17-47(40)53-48)34-23-26-45-41(28-34)38-13-5-8-16-44(38)51(45)32-10-2-1-3-11-32/h1-30H. The third-order valence-electron chi connectivity index (χ3n) is 10.5. The van der Waals surface area contributed by atoms with E-state index < -0.39 is 0 Å². The van der Waals surface area contributed by atoms with Gasteiger partial charge in [0.2, 0.25) is 0 Å². The number of fused-ring (bicyclic) bond motifs is 9. The highest BCUT2D eigenvalue weighted by Gasteiger charge is 2.21. The zero-order valence-corrected chi connectivity index (χ0v) is 28.4. The molecule has 3 aromatic heterocycles. The summed E-state index contributed by atoms with van der Waals surface area (Å²) in [6.07, 6.45) is 0. The minimum atomic E-state index is -0.257. The average Bonchev–Trinajstić information content (AvgIpc) is 3.86. The molecule has 250 valence electrons. The molecule has 4 nitrogen and oxygen atoms in total. The Morgan fingerprint density at radius 3 is 1.64 bits per heavy atom. The molecule has 0 N–H and O–H groups in total. The lowest BCUT2D eigenvalue weighted by Crippen LogP contribution is -2.10. The monoisotopic (exact) mass is 683 g/mol. The van der Waals surface area contributed by atoms with Crippen LogP contribution in [0.25, 0.3) is 76.9 Å². The Labute approximate surface area is 303 Å². The predicted molar refractivity (Wildman–Crippen MR) is 217 cm³/mol. The van der Waals surface area contributed by atoms with Crippen LogP contribution in [-0.2, 0) is 0 Å². The van der Waals surface area contributed by atoms with Crippen LogP contribution >= 0.6 is 0 Å². The van der Waals surface area contributed by atoms with Crippen LogP contribution in [0.4, 0.5) is 21.5 Å². The molecule has 0 bridgehead atoms. The van der Waals surface area contributed by atoms with Gasteiger partial charge < -0.3 is 18.5 Å². The number of para-hydroxylation sites is 4. The van der Waals surface area contributed by atoms with Crippen molar-refractivity contribution in [2.45, 2.75) is 0 Å². The molecule has 0 aliphatic carbocycles. The number of nitrogens with zero attached hydrogens (tertiary/aromatic N) is 3. The topological polar surface area (TPSA) is 26.2 Å². The molecule has 11 rings (SSSR count). The summed E-state index contributed by atoms with van der Waals surface area (Å²) in [5, 5.41) is 6.78. The van der Waals surface area contributed by atoms with Crippen molar-refractivity contribution < 1.29 is 8.81 Å². The highest BCUT2D eigenvalue weighted by atomic mass is 19.1. The zero-order chi connectivity index (χ0) is 35.0. The van der Waals surface area contributed by atoms with Crippen LogP contribution in [0.5, 0.6) is 0 Å². The lowest BCUT2D eigenvalue weighted by Gasteiger charge is -2.26. The molecule has 3 heterocycles. The summed E-state index contributed by atoms with van der Waals surface area (Å²) in [7, 11) is 0. The summed E-state index contributed by atoms with van der Waals surface area (Å²) in [4.78, 5) is 2.33. The SMILES string of the molecule is Fc1ccc(-n2c3ccccc3c3ccc(N(c4ccc5oc6ccccc6c5c4)c4ccc5c(c4)c4ccccc4n5-c4ccccc4)cc32)cc1. The van der Waals surface area contributed by atoms with E-state index in [9.17, 15) is 4.39 Å². The number of aromatic nitrogens is 2. The second-order valence-electron chi connectivity index (χ2n) is 13.5. The van der Waals surface area contributed by atoms with Gasteiger partial charge in [0.05, 0.1) is 22.1 Å². The first-order chi connectivity index (χ1) is 26.2. The summed E-state index contributed by atoms with van der Waals surface area (Å²) < 4.78 is 25.0. The molecule has 0 amide bonds. The van der Waals surface area contributed by atoms with Gasteiger partial charge in [0.1, 0.15) is 17.0 Å². The molecule has 0 fully saturated rings. The van der Waals surface area contributed by atoms with Crippen molar-refractivity contribution in [2.75, 3.05) is 4.90 Å². The van der Waals surface area contributed by atoms with E-state index in [0.29, 0.717) is 0 Å². The Hall–Kier alpha value is -7.11. The van der Waals surface area contributed by atoms with Gasteiger partial charge in [0.25, 0.3) is 0 Å². The number of anilines is 3. The number of furan rings is 1. The Balaban J connectivity index is 1.19. The molecule has 0 saturated carbocycles. The highest BCUT2D eigenvalue weighted by Crippen LogP contribution is 2.43. The summed E-state index contributed by atoms with van der Waals surface area (Å²) in [5.41, 5.74) is 11.2. The molecule has 0 spiro atoms. The van der Waals surface area contributed by atoms with E-state index in [1.807, 2.05) is 24.3 Å². The predicted octanol–water partition coefficient (Wildman–Crippen LogP) is 13.4. The van der Waals surface area contributed by atoms with Gasteiger partial charge in [-0.15, -0.1) is 0 Å². The number of halogens is 1. The maximum Gasteiger partial charge on any atom is 0.135 e. The summed E-state index contributed by atoms with van der Waals surface area (Å²) in [6.45, 7) is 0. The van der Waals surface area contributed by atoms with Gasteiger partial charge in [-0.1, -0.05) is 78.9 Å². The van der Waals surface area contributed by atoms with E-state index in [-0.39, 0.29) is 5.82 Å². The third kappa shape index (κ3) is 4.54. The van der Waals surface area contributed by atoms with E-state index in [1.54, 1.807) is 0 Å². The largest absolute Gasteiger partial charge is 0.456 e. The maximum absolute atomic E-state index is 14.2. The second kappa shape index (κ2) is 11.5. The van der Waals surface area contributed by atoms with E-state index >= 15 is 0 Å². The molecular formula is C48H30FN3O. The highest BCUT2D eigenvalue weighted by molar-refractivity contribution is 6.13. The number of hydrogen-bond donors (Lipinski definition) is 0. The molecule has 5 heteroatoms. The van der Waals surface area contributed by atoms with E-state index in [0.717, 1.165) is 83.2 Å². The lowest BCUT2D eigenvalue weighted by molar-refractivity contribution is 0.627. The van der Waals surface area contributed by atoms with Crippen LogP contribution in [0.1, 0.15) is 0 Å². The fourth-order valence-electron chi connectivity index (χ4n) is 8.22. The van der Waals surface area contributed by atoms with Crippen molar-refractivity contribution in [3.8, 4) is 11.4 Å². The van der Waals surface area contributed by atoms with Crippen molar-refractivity contribution in [3.63, 3.8) is 0 Å². The van der Waals surface area contributed by atoms with Crippen molar-refractivity contribution in [1.29, 1.82) is 0 Å². The first kappa shape index (κ1) is 29.6. The number of benzene rings is 8. The molecule has 11 aromatic rings. The summed E-state index contributed by atoms with van der Waals surface area (Å²) in [6, 6.07) is 62.4. The Morgan fingerprint density at radius 2 is 0.868 bits per heavy atom. The normalized spacial score (nSPS) is 11.9. The Bertz CT molecular complexity index is 3190. The minimum Gasteiger partial charge on any atom is -0.456 e. The van der Waals surface area contributed by atoms with Crippen LogP contribution in [0.15, 0.2) is 186 Å². The first-order valence-corrected chi connectivity index (χ1v) is 17.8. The molecule has 0 atom stereocenters. The Kier molecular flexibility index (Phi) is 6.40. The van der Waals surface area contributed by atoms with Crippen molar-refractivity contribution >= 4 is 82.6 Å². The molecule has 0 saturated heterocycles. The summed E-state index contributed by atoms with van der Waals surface area (Å²) in [5.74, 6) is -0.257. The fraction of sp³-hybridized carbons (Fsp3) is 0. The number of hydrogen-bond acceptors (Lipinski definition) is 2. The second-order valence-corrected chi connectivity index (χ2v) is 13.5. The number of rotatable bonds is 5. The van der Waals surface area contributed by atoms with E-state index in [4.69, 9.17) is 4.42 Å². The maximum atomic E-state index is 14.2. The molecule has 0 aliphatic heterocycles. The molecule has 0 unspecified atom stereocenters. The van der Waals surface area contributed by atoms with Gasteiger partial charge in [0.15, 0.2) is 0 Å². The molecule has 0 radical (unpaired) electrons. The van der Waals surface area contributed by atoms with Gasteiger partial charge in [-0.25, -0.2) is 4.39 Å². The molecular weight excluding hydrogens is 654 g/mol. The van der Waals surface area contributed by atoms with E-state index in [1.165, 1.54) is 22.9 Å². The van der Waals surface area contributed by atoms with Gasteiger partial charge in [-0.2, -0.15) is 0 Å². The van der Waals surface area contributed by atoms with Gasteiger partial charge >= 0.3 is 0 Å². The van der Waals surface area contributed by atoms with Crippen LogP contribution in [0.3, 0.4) is 0 Å². The molecule has 53 heavy (non-hydrogen) atoms. The van der Waals surface area contributed by atoms with Crippen molar-refractivity contribution in [2.24, 2.45) is 0 Å². The van der Waals surface area contributed by atoms with E-state index in [2.05, 4.69) is 160 Å². The van der Waals surface area contributed by atoms with Crippen molar-refractivity contribution in [3.05, 3.63) is 188 Å². The Morgan fingerprint density at radius 1 is 0.358 bits per heavy atom. The van der Waals surface area contributed by atoms with Crippen LogP contribution in [0, 0.1) is 5.82 Å². The fourth-order valence-corrected chi connectivity index (χ4v) is 8.22. The molecule has 0 aliphatic rings. The first-order valence-electron chi connectivity index (χ1n) is 17.8. The molecule has 8 aromatic carbocycles. The van der Waals surface area contributed by atoms with Gasteiger partial charge in [-0.3, -0.25) is 0 Å². The minimum absolute atomic E-state index is 0.257. The average molecular weight is 684 g/mol. The zero-order valence-electron chi connectivity index (χ0n) is 28.4. The van der Waals surface area contributed by atoms with Crippen molar-refractivity contribution in [1.82, 2.24) is 9.13 Å². The third-order valence-corrected chi connectivity index (χ3v) is 10.5. The van der Waals surface area contributed by atoms with Crippen LogP contribution in [0.2, 0.25) is 0 Å². The van der Waals surface area contributed by atoms with Gasteiger partial charge in [0, 0.05) is 60.8 Å².